The number of aryl methyl sites for hydroxylation is 1. The lowest BCUT2D eigenvalue weighted by Gasteiger charge is -2.16. The van der Waals surface area contributed by atoms with Crippen LogP contribution in [0.1, 0.15) is 50.2 Å². The van der Waals surface area contributed by atoms with Crippen molar-refractivity contribution in [3.05, 3.63) is 29.3 Å². The molecule has 2 rings (SSSR count). The number of benzene rings is 1. The summed E-state index contributed by atoms with van der Waals surface area (Å²) >= 11 is 0. The van der Waals surface area contributed by atoms with Crippen molar-refractivity contribution in [2.24, 2.45) is 5.92 Å². The Morgan fingerprint density at radius 2 is 2.17 bits per heavy atom. The van der Waals surface area contributed by atoms with Gasteiger partial charge in [0, 0.05) is 0 Å². The van der Waals surface area contributed by atoms with Crippen LogP contribution in [-0.2, 0) is 6.42 Å². The molecular weight excluding hydrogens is 222 g/mol. The molecule has 0 heterocycles. The monoisotopic (exact) mass is 247 g/mol. The number of nitrogens with one attached hydrogen (secondary N) is 1. The predicted octanol–water partition coefficient (Wildman–Crippen LogP) is 3.45. The van der Waals surface area contributed by atoms with Crippen LogP contribution in [-0.4, -0.2) is 18.2 Å². The van der Waals surface area contributed by atoms with Gasteiger partial charge in [0.15, 0.2) is 0 Å². The number of hydrogen-bond donors (Lipinski definition) is 2. The molecule has 0 spiro atoms. The molecule has 0 saturated heterocycles. The molecule has 1 aromatic rings. The van der Waals surface area contributed by atoms with Crippen molar-refractivity contribution in [2.45, 2.75) is 45.4 Å². The minimum atomic E-state index is 0.389. The van der Waals surface area contributed by atoms with E-state index in [4.69, 9.17) is 0 Å². The molecule has 1 aliphatic carbocycles. The molecule has 0 aliphatic heterocycles. The summed E-state index contributed by atoms with van der Waals surface area (Å²) in [5, 5.41) is 13.2. The van der Waals surface area contributed by atoms with Crippen LogP contribution in [0.3, 0.4) is 0 Å². The first-order valence-corrected chi connectivity index (χ1v) is 7.23. The number of rotatable bonds is 7. The summed E-state index contributed by atoms with van der Waals surface area (Å²) in [6.07, 6.45) is 5.00. The van der Waals surface area contributed by atoms with E-state index in [1.165, 1.54) is 30.5 Å². The van der Waals surface area contributed by atoms with Crippen molar-refractivity contribution in [1.82, 2.24) is 5.32 Å². The van der Waals surface area contributed by atoms with Crippen LogP contribution >= 0.6 is 0 Å². The molecule has 2 N–H and O–H groups in total. The first-order chi connectivity index (χ1) is 8.70. The van der Waals surface area contributed by atoms with E-state index in [2.05, 4.69) is 25.2 Å². The Bertz CT molecular complexity index is 385. The number of phenols is 1. The average molecular weight is 247 g/mol. The minimum Gasteiger partial charge on any atom is -0.508 e. The Morgan fingerprint density at radius 1 is 1.39 bits per heavy atom. The van der Waals surface area contributed by atoms with E-state index in [0.717, 1.165) is 25.3 Å². The van der Waals surface area contributed by atoms with E-state index >= 15 is 0 Å². The highest BCUT2D eigenvalue weighted by atomic mass is 16.3. The van der Waals surface area contributed by atoms with Crippen LogP contribution in [0.5, 0.6) is 5.75 Å². The Morgan fingerprint density at radius 3 is 2.83 bits per heavy atom. The van der Waals surface area contributed by atoms with Gasteiger partial charge in [0.1, 0.15) is 5.75 Å². The molecule has 2 nitrogen and oxygen atoms in total. The summed E-state index contributed by atoms with van der Waals surface area (Å²) in [5.74, 6) is 1.85. The zero-order chi connectivity index (χ0) is 13.0. The molecule has 0 bridgehead atoms. The van der Waals surface area contributed by atoms with Gasteiger partial charge in [-0.2, -0.15) is 0 Å². The van der Waals surface area contributed by atoms with Gasteiger partial charge in [0.25, 0.3) is 0 Å². The van der Waals surface area contributed by atoms with Crippen molar-refractivity contribution < 1.29 is 5.11 Å². The summed E-state index contributed by atoms with van der Waals surface area (Å²) in [7, 11) is 0. The lowest BCUT2D eigenvalue weighted by atomic mass is 9.91. The summed E-state index contributed by atoms with van der Waals surface area (Å²) in [6.45, 7) is 6.70. The molecule has 0 radical (unpaired) electrons. The maximum absolute atomic E-state index is 9.62. The smallest absolute Gasteiger partial charge is 0.115 e. The molecule has 18 heavy (non-hydrogen) atoms. The zero-order valence-corrected chi connectivity index (χ0v) is 11.6. The van der Waals surface area contributed by atoms with E-state index in [0.29, 0.717) is 11.7 Å². The van der Waals surface area contributed by atoms with Gasteiger partial charge in [-0.3, -0.25) is 0 Å². The van der Waals surface area contributed by atoms with Gasteiger partial charge in [-0.05, 0) is 73.9 Å². The highest BCUT2D eigenvalue weighted by Crippen LogP contribution is 2.28. The third kappa shape index (κ3) is 3.74. The molecule has 100 valence electrons. The van der Waals surface area contributed by atoms with Crippen molar-refractivity contribution in [3.8, 4) is 5.75 Å². The molecular formula is C16H25NO. The van der Waals surface area contributed by atoms with Gasteiger partial charge in [-0.25, -0.2) is 0 Å². The third-order valence-electron chi connectivity index (χ3n) is 3.93. The molecule has 1 saturated carbocycles. The van der Waals surface area contributed by atoms with E-state index in [-0.39, 0.29) is 0 Å². The molecule has 1 atom stereocenters. The fourth-order valence-corrected chi connectivity index (χ4v) is 2.47. The minimum absolute atomic E-state index is 0.389. The predicted molar refractivity (Wildman–Crippen MR) is 76.1 cm³/mol. The molecule has 1 aromatic carbocycles. The summed E-state index contributed by atoms with van der Waals surface area (Å²) in [6, 6.07) is 5.78. The van der Waals surface area contributed by atoms with Crippen LogP contribution in [0.2, 0.25) is 0 Å². The van der Waals surface area contributed by atoms with E-state index < -0.39 is 0 Å². The van der Waals surface area contributed by atoms with Gasteiger partial charge >= 0.3 is 0 Å². The molecule has 1 fully saturated rings. The molecule has 2 heteroatoms. The van der Waals surface area contributed by atoms with Crippen molar-refractivity contribution in [1.29, 1.82) is 0 Å². The summed E-state index contributed by atoms with van der Waals surface area (Å²) in [4.78, 5) is 0. The van der Waals surface area contributed by atoms with Crippen LogP contribution in [0.4, 0.5) is 0 Å². The molecule has 0 aromatic heterocycles. The zero-order valence-electron chi connectivity index (χ0n) is 11.6. The highest BCUT2D eigenvalue weighted by molar-refractivity contribution is 5.37. The van der Waals surface area contributed by atoms with Gasteiger partial charge in [0.05, 0.1) is 0 Å². The maximum Gasteiger partial charge on any atom is 0.115 e. The van der Waals surface area contributed by atoms with E-state index in [1.54, 1.807) is 6.07 Å². The van der Waals surface area contributed by atoms with Gasteiger partial charge in [-0.1, -0.05) is 19.9 Å². The number of phenolic OH excluding ortho intramolecular Hbond substituents is 1. The standard InChI is InChI=1S/C16H25NO/c1-3-14-6-7-15(18)10-16(14)12(2)8-9-17-11-13-4-5-13/h6-7,10,12-13,17-18H,3-5,8-9,11H2,1-2H3. The van der Waals surface area contributed by atoms with Crippen molar-refractivity contribution in [3.63, 3.8) is 0 Å². The van der Waals surface area contributed by atoms with Gasteiger partial charge in [0.2, 0.25) is 0 Å². The second-order valence-electron chi connectivity index (χ2n) is 5.57. The van der Waals surface area contributed by atoms with Crippen molar-refractivity contribution in [2.75, 3.05) is 13.1 Å². The van der Waals surface area contributed by atoms with E-state index in [1.807, 2.05) is 6.07 Å². The van der Waals surface area contributed by atoms with Crippen LogP contribution in [0.25, 0.3) is 0 Å². The van der Waals surface area contributed by atoms with Gasteiger partial charge < -0.3 is 10.4 Å². The largest absolute Gasteiger partial charge is 0.508 e. The normalized spacial score (nSPS) is 16.8. The van der Waals surface area contributed by atoms with Crippen LogP contribution in [0.15, 0.2) is 18.2 Å². The Balaban J connectivity index is 1.85. The van der Waals surface area contributed by atoms with Crippen LogP contribution < -0.4 is 5.32 Å². The summed E-state index contributed by atoms with van der Waals surface area (Å²) < 4.78 is 0. The first-order valence-electron chi connectivity index (χ1n) is 7.23. The Hall–Kier alpha value is -1.02. The number of hydrogen-bond acceptors (Lipinski definition) is 2. The SMILES string of the molecule is CCc1ccc(O)cc1C(C)CCNCC1CC1. The fourth-order valence-electron chi connectivity index (χ4n) is 2.47. The second kappa shape index (κ2) is 6.24. The second-order valence-corrected chi connectivity index (χ2v) is 5.57. The third-order valence-corrected chi connectivity index (χ3v) is 3.93. The topological polar surface area (TPSA) is 32.3 Å². The van der Waals surface area contributed by atoms with E-state index in [9.17, 15) is 5.11 Å². The molecule has 1 aliphatic rings. The quantitative estimate of drug-likeness (QED) is 0.723. The first kappa shape index (κ1) is 13.4. The highest BCUT2D eigenvalue weighted by Gasteiger charge is 2.20. The Labute approximate surface area is 110 Å². The fraction of sp³-hybridized carbons (Fsp3) is 0.625. The lowest BCUT2D eigenvalue weighted by Crippen LogP contribution is -2.19. The average Bonchev–Trinajstić information content (AvgIpc) is 3.18. The van der Waals surface area contributed by atoms with Crippen molar-refractivity contribution >= 4 is 0 Å². The number of aromatic hydroxyl groups is 1. The Kier molecular flexibility index (Phi) is 4.65. The van der Waals surface area contributed by atoms with Crippen LogP contribution in [0, 0.1) is 5.92 Å². The maximum atomic E-state index is 9.62. The van der Waals surface area contributed by atoms with Gasteiger partial charge in [-0.15, -0.1) is 0 Å². The summed E-state index contributed by atoms with van der Waals surface area (Å²) in [5.41, 5.74) is 2.67. The molecule has 0 amide bonds. The molecule has 1 unspecified atom stereocenters. The lowest BCUT2D eigenvalue weighted by molar-refractivity contribution is 0.472.